The van der Waals surface area contributed by atoms with Gasteiger partial charge in [-0.15, -0.1) is 0 Å². The molecule has 21 heavy (non-hydrogen) atoms. The molecule has 1 aromatic carbocycles. The van der Waals surface area contributed by atoms with Crippen LogP contribution in [0.1, 0.15) is 47.7 Å². The standard InChI is InChI=1S/C18H23NO2/c1-3-19(13-15-7-4-8-15)18(21)17-11-5-9-16(14(17)2)10-6-12-20/h5,9,11,15,20H,3-4,7-8,12-13H2,1-2H3. The SMILES string of the molecule is CCN(CC1CCC1)C(=O)c1cccc(C#CCO)c1C. The Hall–Kier alpha value is -1.79. The number of rotatable bonds is 4. The van der Waals surface area contributed by atoms with Crippen LogP contribution in [-0.4, -0.2) is 35.6 Å². The van der Waals surface area contributed by atoms with Gasteiger partial charge >= 0.3 is 0 Å². The molecule has 0 aliphatic heterocycles. The van der Waals surface area contributed by atoms with Crippen molar-refractivity contribution in [2.75, 3.05) is 19.7 Å². The van der Waals surface area contributed by atoms with Gasteiger partial charge in [-0.25, -0.2) is 0 Å². The van der Waals surface area contributed by atoms with Gasteiger partial charge in [0.25, 0.3) is 5.91 Å². The first-order valence-corrected chi connectivity index (χ1v) is 7.66. The summed E-state index contributed by atoms with van der Waals surface area (Å²) in [7, 11) is 0. The molecule has 0 radical (unpaired) electrons. The van der Waals surface area contributed by atoms with Crippen LogP contribution < -0.4 is 0 Å². The number of benzene rings is 1. The van der Waals surface area contributed by atoms with Gasteiger partial charge < -0.3 is 10.0 Å². The van der Waals surface area contributed by atoms with Gasteiger partial charge in [0.15, 0.2) is 0 Å². The Balaban J connectivity index is 2.20. The second-order valence-corrected chi connectivity index (χ2v) is 5.58. The molecule has 0 heterocycles. The van der Waals surface area contributed by atoms with Crippen LogP contribution in [0.25, 0.3) is 0 Å². The van der Waals surface area contributed by atoms with E-state index in [0.29, 0.717) is 5.92 Å². The predicted octanol–water partition coefficient (Wildman–Crippen LogP) is 2.60. The molecule has 0 bridgehead atoms. The average Bonchev–Trinajstić information content (AvgIpc) is 2.45. The van der Waals surface area contributed by atoms with Crippen molar-refractivity contribution < 1.29 is 9.90 Å². The maximum absolute atomic E-state index is 12.7. The number of amides is 1. The van der Waals surface area contributed by atoms with E-state index in [2.05, 4.69) is 11.8 Å². The van der Waals surface area contributed by atoms with Gasteiger partial charge in [-0.1, -0.05) is 24.3 Å². The van der Waals surface area contributed by atoms with Crippen molar-refractivity contribution in [2.24, 2.45) is 5.92 Å². The lowest BCUT2D eigenvalue weighted by molar-refractivity contribution is 0.0705. The molecule has 1 amide bonds. The lowest BCUT2D eigenvalue weighted by atomic mass is 9.85. The largest absolute Gasteiger partial charge is 0.384 e. The highest BCUT2D eigenvalue weighted by atomic mass is 16.2. The van der Waals surface area contributed by atoms with Gasteiger partial charge in [0.1, 0.15) is 6.61 Å². The minimum absolute atomic E-state index is 0.0922. The van der Waals surface area contributed by atoms with Crippen molar-refractivity contribution in [3.8, 4) is 11.8 Å². The van der Waals surface area contributed by atoms with E-state index >= 15 is 0 Å². The van der Waals surface area contributed by atoms with Gasteiger partial charge in [0, 0.05) is 24.2 Å². The quantitative estimate of drug-likeness (QED) is 0.864. The summed E-state index contributed by atoms with van der Waals surface area (Å²) in [6.07, 6.45) is 3.78. The van der Waals surface area contributed by atoms with Crippen LogP contribution in [0, 0.1) is 24.7 Å². The van der Waals surface area contributed by atoms with Crippen molar-refractivity contribution in [1.29, 1.82) is 0 Å². The van der Waals surface area contributed by atoms with Gasteiger partial charge in [-0.05, 0) is 50.3 Å². The van der Waals surface area contributed by atoms with Crippen LogP contribution in [-0.2, 0) is 0 Å². The molecule has 0 spiro atoms. The van der Waals surface area contributed by atoms with E-state index in [4.69, 9.17) is 5.11 Å². The minimum Gasteiger partial charge on any atom is -0.384 e. The Morgan fingerprint density at radius 2 is 2.19 bits per heavy atom. The number of carbonyl (C=O) groups is 1. The Bertz CT molecular complexity index is 564. The number of carbonyl (C=O) groups excluding carboxylic acids is 1. The topological polar surface area (TPSA) is 40.5 Å². The van der Waals surface area contributed by atoms with Crippen molar-refractivity contribution in [1.82, 2.24) is 4.90 Å². The molecule has 112 valence electrons. The van der Waals surface area contributed by atoms with Crippen LogP contribution in [0.3, 0.4) is 0 Å². The highest BCUT2D eigenvalue weighted by Crippen LogP contribution is 2.27. The third-order valence-corrected chi connectivity index (χ3v) is 4.24. The summed E-state index contributed by atoms with van der Waals surface area (Å²) >= 11 is 0. The van der Waals surface area contributed by atoms with Crippen molar-refractivity contribution in [3.05, 3.63) is 34.9 Å². The molecule has 1 fully saturated rings. The number of nitrogens with zero attached hydrogens (tertiary/aromatic N) is 1. The van der Waals surface area contributed by atoms with Gasteiger partial charge in [0.05, 0.1) is 0 Å². The Morgan fingerprint density at radius 3 is 2.76 bits per heavy atom. The normalized spacial score (nSPS) is 14.0. The first-order chi connectivity index (χ1) is 10.2. The van der Waals surface area contributed by atoms with Crippen LogP contribution >= 0.6 is 0 Å². The minimum atomic E-state index is -0.166. The van der Waals surface area contributed by atoms with Crippen molar-refractivity contribution >= 4 is 5.91 Å². The van der Waals surface area contributed by atoms with E-state index in [1.165, 1.54) is 19.3 Å². The van der Waals surface area contributed by atoms with Crippen LogP contribution in [0.5, 0.6) is 0 Å². The lowest BCUT2D eigenvalue weighted by Gasteiger charge is -2.32. The monoisotopic (exact) mass is 285 g/mol. The summed E-state index contributed by atoms with van der Waals surface area (Å²) in [6, 6.07) is 5.61. The fraction of sp³-hybridized carbons (Fsp3) is 0.500. The Morgan fingerprint density at radius 1 is 1.43 bits per heavy atom. The molecule has 0 unspecified atom stereocenters. The van der Waals surface area contributed by atoms with E-state index < -0.39 is 0 Å². The summed E-state index contributed by atoms with van der Waals surface area (Å²) in [5.74, 6) is 6.32. The molecule has 3 heteroatoms. The van der Waals surface area contributed by atoms with Gasteiger partial charge in [0.2, 0.25) is 0 Å². The van der Waals surface area contributed by atoms with E-state index in [1.54, 1.807) is 0 Å². The zero-order valence-corrected chi connectivity index (χ0v) is 12.9. The molecule has 1 aliphatic carbocycles. The summed E-state index contributed by atoms with van der Waals surface area (Å²) < 4.78 is 0. The van der Waals surface area contributed by atoms with Crippen LogP contribution in [0.4, 0.5) is 0 Å². The third kappa shape index (κ3) is 3.65. The molecule has 1 N–H and O–H groups in total. The summed E-state index contributed by atoms with van der Waals surface area (Å²) in [5.41, 5.74) is 2.44. The van der Waals surface area contributed by atoms with Gasteiger partial charge in [-0.2, -0.15) is 0 Å². The highest BCUT2D eigenvalue weighted by Gasteiger charge is 2.24. The van der Waals surface area contributed by atoms with E-state index in [-0.39, 0.29) is 12.5 Å². The molecule has 1 aliphatic rings. The summed E-state index contributed by atoms with van der Waals surface area (Å²) in [4.78, 5) is 14.7. The zero-order chi connectivity index (χ0) is 15.2. The first kappa shape index (κ1) is 15.6. The fourth-order valence-corrected chi connectivity index (χ4v) is 2.65. The molecule has 3 nitrogen and oxygen atoms in total. The highest BCUT2D eigenvalue weighted by molar-refractivity contribution is 5.96. The molecular formula is C18H23NO2. The van der Waals surface area contributed by atoms with Crippen LogP contribution in [0.2, 0.25) is 0 Å². The van der Waals surface area contributed by atoms with E-state index in [9.17, 15) is 4.79 Å². The first-order valence-electron chi connectivity index (χ1n) is 7.66. The number of aliphatic hydroxyl groups excluding tert-OH is 1. The maximum Gasteiger partial charge on any atom is 0.254 e. The summed E-state index contributed by atoms with van der Waals surface area (Å²) in [6.45, 7) is 5.39. The number of hydrogen-bond acceptors (Lipinski definition) is 2. The Kier molecular flexibility index (Phi) is 5.41. The molecule has 1 aromatic rings. The molecule has 0 aromatic heterocycles. The summed E-state index contributed by atoms with van der Waals surface area (Å²) in [5, 5.41) is 8.81. The predicted molar refractivity (Wildman–Crippen MR) is 84.1 cm³/mol. The lowest BCUT2D eigenvalue weighted by Crippen LogP contribution is -2.37. The van der Waals surface area contributed by atoms with Crippen molar-refractivity contribution in [2.45, 2.75) is 33.1 Å². The van der Waals surface area contributed by atoms with E-state index in [1.807, 2.05) is 36.9 Å². The fourth-order valence-electron chi connectivity index (χ4n) is 2.65. The van der Waals surface area contributed by atoms with E-state index in [0.717, 1.165) is 29.8 Å². The molecule has 2 rings (SSSR count). The maximum atomic E-state index is 12.7. The molecule has 0 saturated heterocycles. The smallest absolute Gasteiger partial charge is 0.254 e. The Labute approximate surface area is 127 Å². The molecule has 0 atom stereocenters. The molecular weight excluding hydrogens is 262 g/mol. The zero-order valence-electron chi connectivity index (χ0n) is 12.9. The van der Waals surface area contributed by atoms with Crippen LogP contribution in [0.15, 0.2) is 18.2 Å². The number of aliphatic hydroxyl groups is 1. The second-order valence-electron chi connectivity index (χ2n) is 5.58. The second kappa shape index (κ2) is 7.28. The number of hydrogen-bond donors (Lipinski definition) is 1. The molecule has 1 saturated carbocycles. The average molecular weight is 285 g/mol. The third-order valence-electron chi connectivity index (χ3n) is 4.24. The van der Waals surface area contributed by atoms with Gasteiger partial charge in [-0.3, -0.25) is 4.79 Å². The van der Waals surface area contributed by atoms with Crippen molar-refractivity contribution in [3.63, 3.8) is 0 Å².